The van der Waals surface area contributed by atoms with Crippen molar-refractivity contribution >= 4 is 0 Å². The van der Waals surface area contributed by atoms with Crippen LogP contribution in [0.1, 0.15) is 43.2 Å². The SMILES string of the molecule is Cc1cc2c(cc1CC1CCCCN1)OCC1(CC1)CO2. The summed E-state index contributed by atoms with van der Waals surface area (Å²) in [6.45, 7) is 5.00. The third-order valence-corrected chi connectivity index (χ3v) is 5.31. The highest BCUT2D eigenvalue weighted by Crippen LogP contribution is 2.49. The van der Waals surface area contributed by atoms with E-state index >= 15 is 0 Å². The zero-order valence-corrected chi connectivity index (χ0v) is 12.9. The molecule has 1 aromatic rings. The van der Waals surface area contributed by atoms with Crippen LogP contribution >= 0.6 is 0 Å². The normalized spacial score (nSPS) is 26.4. The monoisotopic (exact) mass is 287 g/mol. The molecule has 1 unspecified atom stereocenters. The van der Waals surface area contributed by atoms with Gasteiger partial charge in [0.05, 0.1) is 13.2 Å². The van der Waals surface area contributed by atoms with Gasteiger partial charge in [-0.25, -0.2) is 0 Å². The van der Waals surface area contributed by atoms with Crippen LogP contribution in [0.2, 0.25) is 0 Å². The van der Waals surface area contributed by atoms with Gasteiger partial charge in [-0.1, -0.05) is 6.42 Å². The second-order valence-corrected chi connectivity index (χ2v) is 7.15. The highest BCUT2D eigenvalue weighted by molar-refractivity contribution is 5.48. The number of rotatable bonds is 2. The van der Waals surface area contributed by atoms with E-state index in [1.807, 2.05) is 0 Å². The lowest BCUT2D eigenvalue weighted by Crippen LogP contribution is -2.35. The van der Waals surface area contributed by atoms with Crippen LogP contribution in [-0.4, -0.2) is 25.8 Å². The van der Waals surface area contributed by atoms with Crippen LogP contribution in [0, 0.1) is 12.3 Å². The first-order valence-electron chi connectivity index (χ1n) is 8.37. The topological polar surface area (TPSA) is 30.5 Å². The van der Waals surface area contributed by atoms with Crippen molar-refractivity contribution < 1.29 is 9.47 Å². The minimum atomic E-state index is 0.317. The fraction of sp³-hybridized carbons (Fsp3) is 0.667. The third kappa shape index (κ3) is 2.76. The molecule has 114 valence electrons. The quantitative estimate of drug-likeness (QED) is 0.906. The molecule has 1 N–H and O–H groups in total. The van der Waals surface area contributed by atoms with Gasteiger partial charge >= 0.3 is 0 Å². The van der Waals surface area contributed by atoms with Crippen molar-refractivity contribution in [1.82, 2.24) is 5.32 Å². The first kappa shape index (κ1) is 13.4. The second-order valence-electron chi connectivity index (χ2n) is 7.15. The molecule has 1 spiro atoms. The van der Waals surface area contributed by atoms with Gasteiger partial charge in [-0.2, -0.15) is 0 Å². The molecule has 0 radical (unpaired) electrons. The summed E-state index contributed by atoms with van der Waals surface area (Å²) in [6.07, 6.45) is 7.56. The Labute approximate surface area is 127 Å². The van der Waals surface area contributed by atoms with Crippen LogP contribution in [0.25, 0.3) is 0 Å². The molecule has 3 nitrogen and oxygen atoms in total. The summed E-state index contributed by atoms with van der Waals surface area (Å²) < 4.78 is 12.1. The van der Waals surface area contributed by atoms with E-state index in [0.717, 1.165) is 37.7 Å². The maximum absolute atomic E-state index is 6.07. The Balaban J connectivity index is 1.54. The van der Waals surface area contributed by atoms with Crippen molar-refractivity contribution in [2.45, 2.75) is 51.5 Å². The van der Waals surface area contributed by atoms with Gasteiger partial charge in [-0.05, 0) is 68.8 Å². The van der Waals surface area contributed by atoms with Crippen LogP contribution in [0.4, 0.5) is 0 Å². The van der Waals surface area contributed by atoms with Crippen molar-refractivity contribution in [3.63, 3.8) is 0 Å². The molecule has 0 bridgehead atoms. The van der Waals surface area contributed by atoms with Crippen LogP contribution in [0.5, 0.6) is 11.5 Å². The first-order valence-corrected chi connectivity index (χ1v) is 8.37. The van der Waals surface area contributed by atoms with Crippen LogP contribution in [0.15, 0.2) is 12.1 Å². The van der Waals surface area contributed by atoms with E-state index in [0.29, 0.717) is 11.5 Å². The van der Waals surface area contributed by atoms with Gasteiger partial charge in [-0.15, -0.1) is 0 Å². The third-order valence-electron chi connectivity index (χ3n) is 5.31. The fourth-order valence-corrected chi connectivity index (χ4v) is 3.48. The van der Waals surface area contributed by atoms with Crippen molar-refractivity contribution in [2.24, 2.45) is 5.41 Å². The lowest BCUT2D eigenvalue weighted by molar-refractivity contribution is 0.197. The molecule has 1 saturated carbocycles. The summed E-state index contributed by atoms with van der Waals surface area (Å²) in [7, 11) is 0. The summed E-state index contributed by atoms with van der Waals surface area (Å²) in [5.74, 6) is 1.90. The maximum Gasteiger partial charge on any atom is 0.161 e. The van der Waals surface area contributed by atoms with E-state index in [9.17, 15) is 0 Å². The van der Waals surface area contributed by atoms with Gasteiger partial charge in [0.2, 0.25) is 0 Å². The number of hydrogen-bond acceptors (Lipinski definition) is 3. The molecule has 0 aromatic heterocycles. The van der Waals surface area contributed by atoms with Gasteiger partial charge in [0.15, 0.2) is 11.5 Å². The molecule has 2 heterocycles. The van der Waals surface area contributed by atoms with Crippen molar-refractivity contribution in [2.75, 3.05) is 19.8 Å². The van der Waals surface area contributed by atoms with Gasteiger partial charge in [0.25, 0.3) is 0 Å². The Kier molecular flexibility index (Phi) is 3.33. The smallest absolute Gasteiger partial charge is 0.161 e. The van der Waals surface area contributed by atoms with E-state index in [2.05, 4.69) is 24.4 Å². The molecule has 21 heavy (non-hydrogen) atoms. The Morgan fingerprint density at radius 2 is 1.90 bits per heavy atom. The summed E-state index contributed by atoms with van der Waals surface area (Å²) in [5, 5.41) is 3.64. The van der Waals surface area contributed by atoms with E-state index in [4.69, 9.17) is 9.47 Å². The number of fused-ring (bicyclic) bond motifs is 1. The van der Waals surface area contributed by atoms with Gasteiger partial charge in [-0.3, -0.25) is 0 Å². The number of nitrogens with one attached hydrogen (secondary N) is 1. The summed E-state index contributed by atoms with van der Waals surface area (Å²) in [5.41, 5.74) is 3.05. The number of ether oxygens (including phenoxy) is 2. The Morgan fingerprint density at radius 3 is 2.57 bits per heavy atom. The minimum absolute atomic E-state index is 0.317. The minimum Gasteiger partial charge on any atom is -0.489 e. The Bertz CT molecular complexity index is 530. The van der Waals surface area contributed by atoms with Crippen molar-refractivity contribution in [3.05, 3.63) is 23.3 Å². The van der Waals surface area contributed by atoms with Crippen LogP contribution in [0.3, 0.4) is 0 Å². The molecule has 1 atom stereocenters. The number of benzene rings is 1. The predicted molar refractivity (Wildman–Crippen MR) is 83.2 cm³/mol. The predicted octanol–water partition coefficient (Wildman–Crippen LogP) is 3.23. The van der Waals surface area contributed by atoms with Crippen molar-refractivity contribution in [3.8, 4) is 11.5 Å². The molecule has 3 heteroatoms. The molecule has 0 amide bonds. The molecular formula is C18H25NO2. The molecular weight excluding hydrogens is 262 g/mol. The lowest BCUT2D eigenvalue weighted by Gasteiger charge is -2.24. The first-order chi connectivity index (χ1) is 10.2. The second kappa shape index (κ2) is 5.20. The number of piperidine rings is 1. The largest absolute Gasteiger partial charge is 0.489 e. The maximum atomic E-state index is 6.07. The summed E-state index contributed by atoms with van der Waals surface area (Å²) in [4.78, 5) is 0. The molecule has 4 rings (SSSR count). The molecule has 2 fully saturated rings. The molecule has 1 saturated heterocycles. The summed E-state index contributed by atoms with van der Waals surface area (Å²) in [6, 6.07) is 5.02. The number of hydrogen-bond donors (Lipinski definition) is 1. The average Bonchev–Trinajstić information content (AvgIpc) is 3.29. The molecule has 1 aliphatic carbocycles. The van der Waals surface area contributed by atoms with E-state index < -0.39 is 0 Å². The van der Waals surface area contributed by atoms with Gasteiger partial charge in [0, 0.05) is 11.5 Å². The highest BCUT2D eigenvalue weighted by atomic mass is 16.5. The van der Waals surface area contributed by atoms with E-state index in [1.165, 1.54) is 43.2 Å². The average molecular weight is 287 g/mol. The fourth-order valence-electron chi connectivity index (χ4n) is 3.48. The van der Waals surface area contributed by atoms with Gasteiger partial charge < -0.3 is 14.8 Å². The molecule has 1 aromatic carbocycles. The number of aryl methyl sites for hydroxylation is 1. The van der Waals surface area contributed by atoms with E-state index in [1.54, 1.807) is 0 Å². The van der Waals surface area contributed by atoms with Crippen molar-refractivity contribution in [1.29, 1.82) is 0 Å². The Hall–Kier alpha value is -1.22. The lowest BCUT2D eigenvalue weighted by atomic mass is 9.95. The summed E-state index contributed by atoms with van der Waals surface area (Å²) >= 11 is 0. The van der Waals surface area contributed by atoms with E-state index in [-0.39, 0.29) is 0 Å². The zero-order valence-electron chi connectivity index (χ0n) is 12.9. The Morgan fingerprint density at radius 1 is 1.14 bits per heavy atom. The van der Waals surface area contributed by atoms with Crippen LogP contribution < -0.4 is 14.8 Å². The molecule has 3 aliphatic rings. The van der Waals surface area contributed by atoms with Gasteiger partial charge in [0.1, 0.15) is 0 Å². The molecule has 2 aliphatic heterocycles. The highest BCUT2D eigenvalue weighted by Gasteiger charge is 2.46. The zero-order chi connectivity index (χ0) is 14.3. The van der Waals surface area contributed by atoms with Crippen LogP contribution in [-0.2, 0) is 6.42 Å². The standard InChI is InChI=1S/C18H25NO2/c1-13-8-16-17(21-12-18(5-6-18)11-20-16)10-14(13)9-15-4-2-3-7-19-15/h8,10,15,19H,2-7,9,11-12H2,1H3.